The zero-order valence-electron chi connectivity index (χ0n) is 11.5. The van der Waals surface area contributed by atoms with Crippen molar-refractivity contribution in [1.29, 1.82) is 0 Å². The van der Waals surface area contributed by atoms with E-state index in [9.17, 15) is 9.59 Å². The smallest absolute Gasteiger partial charge is 0.335 e. The lowest BCUT2D eigenvalue weighted by Crippen LogP contribution is -2.21. The van der Waals surface area contributed by atoms with Gasteiger partial charge in [-0.25, -0.2) is 9.59 Å². The summed E-state index contributed by atoms with van der Waals surface area (Å²) in [5.41, 5.74) is 6.28. The summed E-state index contributed by atoms with van der Waals surface area (Å²) in [5, 5.41) is 24.2. The van der Waals surface area contributed by atoms with Crippen LogP contribution in [0.5, 0.6) is 0 Å². The van der Waals surface area contributed by atoms with E-state index in [0.717, 1.165) is 13.1 Å². The fourth-order valence-electron chi connectivity index (χ4n) is 1.54. The summed E-state index contributed by atoms with van der Waals surface area (Å²) in [6, 6.07) is 4.17. The molecule has 116 valence electrons. The molecule has 1 heterocycles. The fraction of sp³-hybridized carbons (Fsp3) is 0.308. The van der Waals surface area contributed by atoms with Crippen molar-refractivity contribution in [1.82, 2.24) is 10.9 Å². The first-order valence-electron chi connectivity index (χ1n) is 6.05. The summed E-state index contributed by atoms with van der Waals surface area (Å²) in [5.74, 6) is -2.22. The molecule has 0 atom stereocenters. The molecule has 8 nitrogen and oxygen atoms in total. The van der Waals surface area contributed by atoms with Gasteiger partial charge in [0.1, 0.15) is 0 Å². The van der Waals surface area contributed by atoms with Gasteiger partial charge in [-0.2, -0.15) is 0 Å². The van der Waals surface area contributed by atoms with E-state index in [4.69, 9.17) is 20.1 Å². The molecule has 1 aliphatic heterocycles. The molecule has 0 aliphatic carbocycles. The summed E-state index contributed by atoms with van der Waals surface area (Å²) < 4.78 is 0. The zero-order valence-corrected chi connectivity index (χ0v) is 11.5. The van der Waals surface area contributed by atoms with E-state index < -0.39 is 11.9 Å². The van der Waals surface area contributed by atoms with E-state index in [2.05, 4.69) is 10.9 Å². The molecule has 0 bridgehead atoms. The number of benzene rings is 1. The summed E-state index contributed by atoms with van der Waals surface area (Å²) in [7, 11) is 0. The van der Waals surface area contributed by atoms with E-state index in [-0.39, 0.29) is 23.2 Å². The number of rotatable bonds is 2. The Kier molecular flexibility index (Phi) is 9.14. The molecule has 0 unspecified atom stereocenters. The van der Waals surface area contributed by atoms with E-state index in [0.29, 0.717) is 0 Å². The van der Waals surface area contributed by atoms with E-state index in [1.54, 1.807) is 0 Å². The quantitative estimate of drug-likeness (QED) is 0.500. The highest BCUT2D eigenvalue weighted by Gasteiger charge is 2.13. The summed E-state index contributed by atoms with van der Waals surface area (Å²) in [6.45, 7) is 3.51. The number of aromatic carboxylic acids is 2. The van der Waals surface area contributed by atoms with Crippen LogP contribution in [-0.2, 0) is 4.79 Å². The predicted octanol–water partition coefficient (Wildman–Crippen LogP) is 0.577. The maximum atomic E-state index is 10.6. The SMILES string of the molecule is C1CNNC1.Cc1c(C(=O)O)cccc1C(=O)O.O=CO. The van der Waals surface area contributed by atoms with Gasteiger partial charge in [-0.05, 0) is 31.0 Å². The molecule has 0 amide bonds. The molecule has 1 saturated heterocycles. The van der Waals surface area contributed by atoms with Gasteiger partial charge in [0, 0.05) is 13.1 Å². The van der Waals surface area contributed by atoms with Crippen molar-refractivity contribution in [2.45, 2.75) is 13.3 Å². The minimum absolute atomic E-state index is 0.0277. The van der Waals surface area contributed by atoms with E-state index in [1.807, 2.05) is 0 Å². The number of hydrazine groups is 1. The van der Waals surface area contributed by atoms with Crippen LogP contribution in [0.1, 0.15) is 32.7 Å². The molecule has 2 rings (SSSR count). The van der Waals surface area contributed by atoms with Crippen LogP contribution in [0, 0.1) is 6.92 Å². The molecule has 5 N–H and O–H groups in total. The molecule has 1 aliphatic rings. The van der Waals surface area contributed by atoms with Gasteiger partial charge in [-0.3, -0.25) is 15.6 Å². The van der Waals surface area contributed by atoms with Crippen molar-refractivity contribution < 1.29 is 29.7 Å². The topological polar surface area (TPSA) is 136 Å². The van der Waals surface area contributed by atoms with Gasteiger partial charge in [0.15, 0.2) is 0 Å². The van der Waals surface area contributed by atoms with Gasteiger partial charge in [0.2, 0.25) is 0 Å². The van der Waals surface area contributed by atoms with Gasteiger partial charge in [0.05, 0.1) is 11.1 Å². The standard InChI is InChI=1S/C9H8O4.C3H8N2.CH2O2/c1-5-6(8(10)11)3-2-4-7(5)9(12)13;1-2-4-5-3-1;2-1-3/h2-4H,1H3,(H,10,11)(H,12,13);4-5H,1-3H2;1H,(H,2,3). The van der Waals surface area contributed by atoms with Crippen LogP contribution in [0.15, 0.2) is 18.2 Å². The van der Waals surface area contributed by atoms with E-state index >= 15 is 0 Å². The highest BCUT2D eigenvalue weighted by molar-refractivity contribution is 5.96. The summed E-state index contributed by atoms with van der Waals surface area (Å²) in [4.78, 5) is 29.6. The molecule has 1 aromatic rings. The average molecular weight is 298 g/mol. The molecule has 0 radical (unpaired) electrons. The van der Waals surface area contributed by atoms with Crippen molar-refractivity contribution in [2.24, 2.45) is 0 Å². The molecule has 0 spiro atoms. The fourth-order valence-corrected chi connectivity index (χ4v) is 1.54. The Balaban J connectivity index is 0.000000410. The third-order valence-corrected chi connectivity index (χ3v) is 2.52. The van der Waals surface area contributed by atoms with Crippen LogP contribution in [0.2, 0.25) is 0 Å². The molecule has 0 aromatic heterocycles. The first-order chi connectivity index (χ1) is 9.95. The third kappa shape index (κ3) is 7.04. The number of hydrogen-bond donors (Lipinski definition) is 5. The first-order valence-corrected chi connectivity index (χ1v) is 6.05. The Morgan fingerprint density at radius 1 is 1.10 bits per heavy atom. The number of carboxylic acid groups (broad SMARTS) is 3. The summed E-state index contributed by atoms with van der Waals surface area (Å²) in [6.07, 6.45) is 1.28. The normalized spacial score (nSPS) is 12.2. The lowest BCUT2D eigenvalue weighted by molar-refractivity contribution is -0.122. The van der Waals surface area contributed by atoms with Gasteiger partial charge >= 0.3 is 11.9 Å². The monoisotopic (exact) mass is 298 g/mol. The van der Waals surface area contributed by atoms with E-state index in [1.165, 1.54) is 31.5 Å². The van der Waals surface area contributed by atoms with Crippen molar-refractivity contribution in [2.75, 3.05) is 13.1 Å². The van der Waals surface area contributed by atoms with Crippen LogP contribution in [0.4, 0.5) is 0 Å². The van der Waals surface area contributed by atoms with Crippen LogP contribution in [0.3, 0.4) is 0 Å². The third-order valence-electron chi connectivity index (χ3n) is 2.52. The number of carbonyl (C=O) groups is 3. The number of hydrogen-bond acceptors (Lipinski definition) is 5. The Hall–Kier alpha value is -2.45. The molecule has 8 heteroatoms. The minimum atomic E-state index is -1.11. The van der Waals surface area contributed by atoms with Crippen molar-refractivity contribution in [3.05, 3.63) is 34.9 Å². The maximum absolute atomic E-state index is 10.6. The maximum Gasteiger partial charge on any atom is 0.335 e. The Labute approximate surface area is 121 Å². The van der Waals surface area contributed by atoms with Gasteiger partial charge < -0.3 is 15.3 Å². The Morgan fingerprint density at radius 3 is 1.71 bits per heavy atom. The molecule has 1 fully saturated rings. The van der Waals surface area contributed by atoms with Crippen LogP contribution < -0.4 is 10.9 Å². The Bertz CT molecular complexity index is 446. The lowest BCUT2D eigenvalue weighted by atomic mass is 10.0. The van der Waals surface area contributed by atoms with Gasteiger partial charge in [0.25, 0.3) is 6.47 Å². The molecule has 0 saturated carbocycles. The van der Waals surface area contributed by atoms with Crippen molar-refractivity contribution >= 4 is 18.4 Å². The number of carboxylic acids is 2. The average Bonchev–Trinajstić information content (AvgIpc) is 2.98. The highest BCUT2D eigenvalue weighted by Crippen LogP contribution is 2.13. The molecule has 21 heavy (non-hydrogen) atoms. The van der Waals surface area contributed by atoms with Crippen LogP contribution >= 0.6 is 0 Å². The zero-order chi connectivity index (χ0) is 16.3. The first kappa shape index (κ1) is 18.6. The number of nitrogens with one attached hydrogen (secondary N) is 2. The molecular formula is C13H18N2O6. The highest BCUT2D eigenvalue weighted by atomic mass is 16.4. The second-order valence-corrected chi connectivity index (χ2v) is 3.90. The summed E-state index contributed by atoms with van der Waals surface area (Å²) >= 11 is 0. The van der Waals surface area contributed by atoms with Crippen molar-refractivity contribution in [3.63, 3.8) is 0 Å². The van der Waals surface area contributed by atoms with Crippen molar-refractivity contribution in [3.8, 4) is 0 Å². The Morgan fingerprint density at radius 2 is 1.48 bits per heavy atom. The molecular weight excluding hydrogens is 280 g/mol. The second-order valence-electron chi connectivity index (χ2n) is 3.90. The van der Waals surface area contributed by atoms with Gasteiger partial charge in [-0.1, -0.05) is 6.07 Å². The minimum Gasteiger partial charge on any atom is -0.483 e. The predicted molar refractivity (Wildman–Crippen MR) is 74.4 cm³/mol. The molecule has 1 aromatic carbocycles. The largest absolute Gasteiger partial charge is 0.483 e. The van der Waals surface area contributed by atoms with Crippen LogP contribution in [-0.4, -0.2) is 46.8 Å². The lowest BCUT2D eigenvalue weighted by Gasteiger charge is -2.03. The second kappa shape index (κ2) is 10.4. The van der Waals surface area contributed by atoms with Gasteiger partial charge in [-0.15, -0.1) is 0 Å². The van der Waals surface area contributed by atoms with Crippen LogP contribution in [0.25, 0.3) is 0 Å².